The van der Waals surface area contributed by atoms with Crippen molar-refractivity contribution in [1.29, 1.82) is 0 Å². The maximum Gasteiger partial charge on any atom is 0.307 e. The summed E-state index contributed by atoms with van der Waals surface area (Å²) in [6.07, 6.45) is 13.8. The standard InChI is InChI=1S/C24H47NO5/c1-5-6-13-16-21(26)17-14-11-9-7-8-10-12-15-18-24(29)30-22(19-23(27)28)20-25(2,3)4/h21-22,26H,5-20H2,1-4H3/p+1. The minimum atomic E-state index is -0.938. The van der Waals surface area contributed by atoms with Gasteiger partial charge in [0.15, 0.2) is 6.10 Å². The summed E-state index contributed by atoms with van der Waals surface area (Å²) in [6, 6.07) is 0. The van der Waals surface area contributed by atoms with Gasteiger partial charge in [-0.15, -0.1) is 0 Å². The average molecular weight is 431 g/mol. The average Bonchev–Trinajstić information content (AvgIpc) is 2.61. The van der Waals surface area contributed by atoms with Crippen molar-refractivity contribution < 1.29 is 29.0 Å². The van der Waals surface area contributed by atoms with Gasteiger partial charge in [-0.2, -0.15) is 0 Å². The summed E-state index contributed by atoms with van der Waals surface area (Å²) >= 11 is 0. The van der Waals surface area contributed by atoms with Gasteiger partial charge in [0.05, 0.1) is 33.7 Å². The summed E-state index contributed by atoms with van der Waals surface area (Å²) < 4.78 is 5.96. The zero-order valence-electron chi connectivity index (χ0n) is 20.0. The fraction of sp³-hybridized carbons (Fsp3) is 0.917. The van der Waals surface area contributed by atoms with Crippen molar-refractivity contribution in [3.63, 3.8) is 0 Å². The molecule has 0 amide bonds. The number of esters is 1. The molecule has 2 N–H and O–H groups in total. The van der Waals surface area contributed by atoms with Crippen LogP contribution in [0, 0.1) is 0 Å². The number of unbranched alkanes of at least 4 members (excludes halogenated alkanes) is 9. The molecule has 0 aliphatic carbocycles. The third kappa shape index (κ3) is 20.1. The van der Waals surface area contributed by atoms with E-state index >= 15 is 0 Å². The lowest BCUT2D eigenvalue weighted by molar-refractivity contribution is -0.873. The highest BCUT2D eigenvalue weighted by molar-refractivity contribution is 5.71. The van der Waals surface area contributed by atoms with E-state index in [4.69, 9.17) is 9.84 Å². The van der Waals surface area contributed by atoms with Crippen molar-refractivity contribution in [1.82, 2.24) is 0 Å². The van der Waals surface area contributed by atoms with Crippen LogP contribution in [0.2, 0.25) is 0 Å². The van der Waals surface area contributed by atoms with E-state index in [0.717, 1.165) is 44.9 Å². The number of aliphatic carboxylic acids is 1. The van der Waals surface area contributed by atoms with E-state index in [2.05, 4.69) is 6.92 Å². The van der Waals surface area contributed by atoms with Gasteiger partial charge in [0.25, 0.3) is 0 Å². The number of hydrogen-bond donors (Lipinski definition) is 2. The van der Waals surface area contributed by atoms with Crippen molar-refractivity contribution >= 4 is 11.9 Å². The predicted octanol–water partition coefficient (Wildman–Crippen LogP) is 4.92. The zero-order chi connectivity index (χ0) is 22.8. The second-order valence-corrected chi connectivity index (χ2v) is 9.70. The molecule has 6 nitrogen and oxygen atoms in total. The third-order valence-corrected chi connectivity index (χ3v) is 5.26. The van der Waals surface area contributed by atoms with Crippen LogP contribution in [0.4, 0.5) is 0 Å². The van der Waals surface area contributed by atoms with Crippen molar-refractivity contribution in [3.8, 4) is 0 Å². The van der Waals surface area contributed by atoms with Crippen LogP contribution in [0.5, 0.6) is 0 Å². The van der Waals surface area contributed by atoms with Crippen molar-refractivity contribution in [2.45, 2.75) is 115 Å². The molecule has 0 fully saturated rings. The molecular formula is C24H48NO5+. The SMILES string of the molecule is CCCCCC(O)CCCCCCCCCCC(=O)OC(CC(=O)O)C[N+](C)(C)C. The summed E-state index contributed by atoms with van der Waals surface area (Å²) in [5, 5.41) is 18.9. The molecule has 2 unspecified atom stereocenters. The monoisotopic (exact) mass is 430 g/mol. The number of aliphatic hydroxyl groups is 1. The van der Waals surface area contributed by atoms with Gasteiger partial charge in [-0.05, 0) is 19.3 Å². The Kier molecular flexibility index (Phi) is 16.9. The molecule has 2 atom stereocenters. The Labute approximate surface area is 184 Å². The normalized spacial score (nSPS) is 13.8. The number of carbonyl (C=O) groups is 2. The number of carboxylic acids is 1. The van der Waals surface area contributed by atoms with E-state index in [0.29, 0.717) is 17.4 Å². The van der Waals surface area contributed by atoms with E-state index < -0.39 is 12.1 Å². The molecule has 178 valence electrons. The van der Waals surface area contributed by atoms with Crippen molar-refractivity contribution in [3.05, 3.63) is 0 Å². The topological polar surface area (TPSA) is 83.8 Å². The van der Waals surface area contributed by atoms with Gasteiger partial charge < -0.3 is 19.4 Å². The number of nitrogens with zero attached hydrogens (tertiary/aromatic N) is 1. The number of aliphatic hydroxyl groups excluding tert-OH is 1. The lowest BCUT2D eigenvalue weighted by Gasteiger charge is -2.28. The highest BCUT2D eigenvalue weighted by Crippen LogP contribution is 2.14. The molecule has 0 aromatic heterocycles. The molecule has 0 aliphatic rings. The van der Waals surface area contributed by atoms with E-state index in [1.165, 1.54) is 38.5 Å². The molecule has 0 aliphatic heterocycles. The Morgan fingerprint density at radius 1 is 0.833 bits per heavy atom. The molecule has 0 aromatic carbocycles. The number of hydrogen-bond acceptors (Lipinski definition) is 4. The zero-order valence-corrected chi connectivity index (χ0v) is 20.0. The van der Waals surface area contributed by atoms with E-state index in [-0.39, 0.29) is 18.5 Å². The molecule has 0 radical (unpaired) electrons. The number of rotatable bonds is 20. The fourth-order valence-electron chi connectivity index (χ4n) is 3.68. The number of quaternary nitrogens is 1. The highest BCUT2D eigenvalue weighted by Gasteiger charge is 2.24. The first kappa shape index (κ1) is 28.9. The smallest absolute Gasteiger partial charge is 0.307 e. The number of ether oxygens (including phenoxy) is 1. The molecule has 0 heterocycles. The maximum absolute atomic E-state index is 12.0. The largest absolute Gasteiger partial charge is 0.481 e. The Hall–Kier alpha value is -1.14. The van der Waals surface area contributed by atoms with Gasteiger partial charge in [0.2, 0.25) is 0 Å². The molecule has 6 heteroatoms. The second-order valence-electron chi connectivity index (χ2n) is 9.70. The van der Waals surface area contributed by atoms with E-state index in [9.17, 15) is 14.7 Å². The molecular weight excluding hydrogens is 382 g/mol. The molecule has 0 rings (SSSR count). The Morgan fingerprint density at radius 3 is 1.83 bits per heavy atom. The summed E-state index contributed by atoms with van der Waals surface area (Å²) in [5.41, 5.74) is 0. The van der Waals surface area contributed by atoms with Gasteiger partial charge in [0, 0.05) is 6.42 Å². The first-order chi connectivity index (χ1) is 14.1. The third-order valence-electron chi connectivity index (χ3n) is 5.26. The Balaban J connectivity index is 3.66. The van der Waals surface area contributed by atoms with Crippen LogP contribution in [0.1, 0.15) is 103 Å². The Morgan fingerprint density at radius 2 is 1.33 bits per heavy atom. The fourth-order valence-corrected chi connectivity index (χ4v) is 3.68. The van der Waals surface area contributed by atoms with Gasteiger partial charge in [-0.25, -0.2) is 0 Å². The number of carboxylic acid groups (broad SMARTS) is 1. The summed E-state index contributed by atoms with van der Waals surface area (Å²) in [4.78, 5) is 23.0. The van der Waals surface area contributed by atoms with Crippen LogP contribution >= 0.6 is 0 Å². The van der Waals surface area contributed by atoms with Crippen molar-refractivity contribution in [2.75, 3.05) is 27.7 Å². The summed E-state index contributed by atoms with van der Waals surface area (Å²) in [5.74, 6) is -1.22. The van der Waals surface area contributed by atoms with E-state index in [1.807, 2.05) is 21.1 Å². The summed E-state index contributed by atoms with van der Waals surface area (Å²) in [6.45, 7) is 2.68. The quantitative estimate of drug-likeness (QED) is 0.163. The second kappa shape index (κ2) is 17.5. The first-order valence-corrected chi connectivity index (χ1v) is 12.0. The number of likely N-dealkylation sites (N-methyl/N-ethyl adjacent to an activating group) is 1. The molecule has 0 saturated carbocycles. The molecule has 0 bridgehead atoms. The van der Waals surface area contributed by atoms with Gasteiger partial charge >= 0.3 is 11.9 Å². The maximum atomic E-state index is 12.0. The van der Waals surface area contributed by atoms with Gasteiger partial charge in [0.1, 0.15) is 6.54 Å². The number of carbonyl (C=O) groups excluding carboxylic acids is 1. The lowest BCUT2D eigenvalue weighted by Crippen LogP contribution is -2.43. The predicted molar refractivity (Wildman–Crippen MR) is 121 cm³/mol. The van der Waals surface area contributed by atoms with Crippen LogP contribution in [0.15, 0.2) is 0 Å². The minimum absolute atomic E-state index is 0.117. The molecule has 0 saturated heterocycles. The van der Waals surface area contributed by atoms with Crippen LogP contribution in [-0.4, -0.2) is 66.5 Å². The molecule has 0 aromatic rings. The van der Waals surface area contributed by atoms with Crippen LogP contribution in [-0.2, 0) is 14.3 Å². The van der Waals surface area contributed by atoms with E-state index in [1.54, 1.807) is 0 Å². The van der Waals surface area contributed by atoms with Crippen LogP contribution in [0.25, 0.3) is 0 Å². The lowest BCUT2D eigenvalue weighted by atomic mass is 10.0. The van der Waals surface area contributed by atoms with Gasteiger partial charge in [-0.1, -0.05) is 71.1 Å². The van der Waals surface area contributed by atoms with Crippen molar-refractivity contribution in [2.24, 2.45) is 0 Å². The molecule has 30 heavy (non-hydrogen) atoms. The van der Waals surface area contributed by atoms with Crippen LogP contribution in [0.3, 0.4) is 0 Å². The highest BCUT2D eigenvalue weighted by atomic mass is 16.5. The molecule has 0 spiro atoms. The Bertz CT molecular complexity index is 447. The van der Waals surface area contributed by atoms with Gasteiger partial charge in [-0.3, -0.25) is 9.59 Å². The first-order valence-electron chi connectivity index (χ1n) is 12.0. The minimum Gasteiger partial charge on any atom is -0.481 e. The summed E-state index contributed by atoms with van der Waals surface area (Å²) in [7, 11) is 5.87. The van der Waals surface area contributed by atoms with Crippen LogP contribution < -0.4 is 0 Å².